The van der Waals surface area contributed by atoms with Gasteiger partial charge in [-0.15, -0.1) is 0 Å². The Morgan fingerprint density at radius 2 is 1.93 bits per heavy atom. The smallest absolute Gasteiger partial charge is 0.320 e. The Morgan fingerprint density at radius 3 is 2.68 bits per heavy atom. The highest BCUT2D eigenvalue weighted by Gasteiger charge is 2.19. The van der Waals surface area contributed by atoms with E-state index in [1.54, 1.807) is 6.20 Å². The van der Waals surface area contributed by atoms with Crippen molar-refractivity contribution < 1.29 is 9.13 Å². The second-order valence-corrected chi connectivity index (χ2v) is 6.31. The molecule has 0 amide bonds. The molecule has 0 saturated heterocycles. The fourth-order valence-electron chi connectivity index (χ4n) is 2.93. The molecular weight excluding hydrogens is 359 g/mol. The number of aromatic nitrogens is 5. The van der Waals surface area contributed by atoms with Gasteiger partial charge in [0.1, 0.15) is 11.6 Å². The molecule has 4 rings (SSSR count). The minimum atomic E-state index is -0.443. The average molecular weight is 378 g/mol. The van der Waals surface area contributed by atoms with Crippen LogP contribution in [0.2, 0.25) is 0 Å². The van der Waals surface area contributed by atoms with E-state index in [-0.39, 0.29) is 11.8 Å². The van der Waals surface area contributed by atoms with Crippen LogP contribution in [0.3, 0.4) is 0 Å². The summed E-state index contributed by atoms with van der Waals surface area (Å²) in [5, 5.41) is 0. The minimum absolute atomic E-state index is 0.199. The van der Waals surface area contributed by atoms with Gasteiger partial charge in [0.25, 0.3) is 0 Å². The average Bonchev–Trinajstić information content (AvgIpc) is 3.06. The van der Waals surface area contributed by atoms with Crippen LogP contribution in [-0.4, -0.2) is 31.1 Å². The van der Waals surface area contributed by atoms with Gasteiger partial charge in [-0.3, -0.25) is 4.98 Å². The van der Waals surface area contributed by atoms with Crippen LogP contribution in [0.5, 0.6) is 6.01 Å². The highest BCUT2D eigenvalue weighted by Crippen LogP contribution is 2.28. The molecule has 3 aromatic heterocycles. The summed E-state index contributed by atoms with van der Waals surface area (Å²) in [6.07, 6.45) is 3.53. The number of hydrogen-bond donors (Lipinski definition) is 1. The van der Waals surface area contributed by atoms with E-state index >= 15 is 0 Å². The number of anilines is 1. The van der Waals surface area contributed by atoms with Crippen LogP contribution in [0.25, 0.3) is 22.6 Å². The van der Waals surface area contributed by atoms with Gasteiger partial charge in [0.15, 0.2) is 17.0 Å². The van der Waals surface area contributed by atoms with Crippen molar-refractivity contribution in [3.63, 3.8) is 0 Å². The van der Waals surface area contributed by atoms with Crippen LogP contribution in [0.4, 0.5) is 10.2 Å². The quantitative estimate of drug-likeness (QED) is 0.552. The van der Waals surface area contributed by atoms with Gasteiger partial charge in [-0.2, -0.15) is 9.97 Å². The zero-order valence-electron chi connectivity index (χ0n) is 15.3. The summed E-state index contributed by atoms with van der Waals surface area (Å²) in [7, 11) is 0. The molecule has 28 heavy (non-hydrogen) atoms. The highest BCUT2D eigenvalue weighted by molar-refractivity contribution is 5.85. The van der Waals surface area contributed by atoms with Gasteiger partial charge in [0.05, 0.1) is 19.3 Å². The van der Waals surface area contributed by atoms with Gasteiger partial charge < -0.3 is 15.0 Å². The molecule has 7 nitrogen and oxygen atoms in total. The number of benzene rings is 1. The summed E-state index contributed by atoms with van der Waals surface area (Å²) in [4.78, 5) is 17.2. The van der Waals surface area contributed by atoms with Crippen LogP contribution in [0.1, 0.15) is 18.9 Å². The molecule has 0 fully saturated rings. The van der Waals surface area contributed by atoms with Crippen LogP contribution in [0, 0.1) is 5.82 Å². The van der Waals surface area contributed by atoms with Gasteiger partial charge in [-0.05, 0) is 18.1 Å². The topological polar surface area (TPSA) is 91.7 Å². The second kappa shape index (κ2) is 7.59. The maximum Gasteiger partial charge on any atom is 0.320 e. The molecule has 4 aromatic rings. The van der Waals surface area contributed by atoms with E-state index in [0.717, 1.165) is 18.2 Å². The first-order valence-electron chi connectivity index (χ1n) is 8.97. The number of nitrogens with two attached hydrogens (primary N) is 1. The third-order valence-electron chi connectivity index (χ3n) is 4.18. The maximum atomic E-state index is 13.8. The molecule has 0 aliphatic carbocycles. The molecule has 0 atom stereocenters. The first kappa shape index (κ1) is 17.8. The lowest BCUT2D eigenvalue weighted by Crippen LogP contribution is -2.06. The number of rotatable bonds is 6. The fourth-order valence-corrected chi connectivity index (χ4v) is 2.93. The van der Waals surface area contributed by atoms with Crippen LogP contribution in [-0.2, 0) is 6.54 Å². The standard InChI is InChI=1S/C20H19FN6O/c1-2-8-28-20-25-17(22)16-19(26-20)27(12-13-6-4-3-5-7-13)18(24-16)14-9-15(21)11-23-10-14/h3-7,9-11H,2,8,12H2,1H3,(H2,22,25,26). The molecule has 0 aliphatic heterocycles. The van der Waals surface area contributed by atoms with E-state index in [2.05, 4.69) is 19.9 Å². The molecule has 0 saturated carbocycles. The first-order valence-corrected chi connectivity index (χ1v) is 8.97. The maximum absolute atomic E-state index is 13.8. The predicted octanol–water partition coefficient (Wildman–Crippen LogP) is 3.45. The summed E-state index contributed by atoms with van der Waals surface area (Å²) in [5.74, 6) is 0.287. The first-order chi connectivity index (χ1) is 13.7. The third kappa shape index (κ3) is 3.48. The summed E-state index contributed by atoms with van der Waals surface area (Å²) >= 11 is 0. The number of pyridine rings is 1. The molecule has 3 heterocycles. The summed E-state index contributed by atoms with van der Waals surface area (Å²) in [5.41, 5.74) is 8.66. The van der Waals surface area contributed by atoms with Gasteiger partial charge in [0.2, 0.25) is 0 Å². The van der Waals surface area contributed by atoms with E-state index in [9.17, 15) is 4.39 Å². The Morgan fingerprint density at radius 1 is 1.11 bits per heavy atom. The van der Waals surface area contributed by atoms with E-state index in [0.29, 0.717) is 35.7 Å². The zero-order chi connectivity index (χ0) is 19.5. The predicted molar refractivity (Wildman–Crippen MR) is 104 cm³/mol. The van der Waals surface area contributed by atoms with Crippen molar-refractivity contribution >= 4 is 17.0 Å². The number of fused-ring (bicyclic) bond motifs is 1. The summed E-state index contributed by atoms with van der Waals surface area (Å²) < 4.78 is 21.2. The summed E-state index contributed by atoms with van der Waals surface area (Å²) in [6, 6.07) is 11.4. The van der Waals surface area contributed by atoms with Crippen molar-refractivity contribution in [2.75, 3.05) is 12.3 Å². The van der Waals surface area contributed by atoms with Crippen molar-refractivity contribution in [3.8, 4) is 17.4 Å². The molecule has 8 heteroatoms. The fraction of sp³-hybridized carbons (Fsp3) is 0.200. The Balaban J connectivity index is 1.91. The Labute approximate surface area is 161 Å². The van der Waals surface area contributed by atoms with E-state index < -0.39 is 5.82 Å². The van der Waals surface area contributed by atoms with Crippen molar-refractivity contribution in [1.29, 1.82) is 0 Å². The number of imidazole rings is 1. The van der Waals surface area contributed by atoms with Crippen molar-refractivity contribution in [1.82, 2.24) is 24.5 Å². The molecule has 0 radical (unpaired) electrons. The molecule has 0 spiro atoms. The number of ether oxygens (including phenoxy) is 1. The van der Waals surface area contributed by atoms with Gasteiger partial charge in [-0.1, -0.05) is 37.3 Å². The van der Waals surface area contributed by atoms with Crippen molar-refractivity contribution in [2.24, 2.45) is 0 Å². The van der Waals surface area contributed by atoms with Crippen LogP contribution >= 0.6 is 0 Å². The number of nitrogens with zero attached hydrogens (tertiary/aromatic N) is 5. The third-order valence-corrected chi connectivity index (χ3v) is 4.18. The Bertz CT molecular complexity index is 1110. The van der Waals surface area contributed by atoms with E-state index in [4.69, 9.17) is 10.5 Å². The largest absolute Gasteiger partial charge is 0.463 e. The lowest BCUT2D eigenvalue weighted by molar-refractivity contribution is 0.293. The number of hydrogen-bond acceptors (Lipinski definition) is 6. The molecule has 142 valence electrons. The highest BCUT2D eigenvalue weighted by atomic mass is 19.1. The van der Waals surface area contributed by atoms with Gasteiger partial charge >= 0.3 is 6.01 Å². The molecule has 0 aliphatic rings. The molecule has 0 bridgehead atoms. The van der Waals surface area contributed by atoms with Crippen LogP contribution < -0.4 is 10.5 Å². The summed E-state index contributed by atoms with van der Waals surface area (Å²) in [6.45, 7) is 2.96. The van der Waals surface area contributed by atoms with Gasteiger partial charge in [-0.25, -0.2) is 9.37 Å². The SMILES string of the molecule is CCCOc1nc(N)c2nc(-c3cncc(F)c3)n(Cc3ccccc3)c2n1. The Hall–Kier alpha value is -3.55. The normalized spacial score (nSPS) is 11.1. The lowest BCUT2D eigenvalue weighted by atomic mass is 10.2. The van der Waals surface area contributed by atoms with Crippen molar-refractivity contribution in [3.05, 3.63) is 60.2 Å². The molecule has 2 N–H and O–H groups in total. The molecular formula is C20H19FN6O. The second-order valence-electron chi connectivity index (χ2n) is 6.31. The zero-order valence-corrected chi connectivity index (χ0v) is 15.3. The number of halogens is 1. The number of nitrogen functional groups attached to an aromatic ring is 1. The minimum Gasteiger partial charge on any atom is -0.463 e. The monoisotopic (exact) mass is 378 g/mol. The molecule has 1 aromatic carbocycles. The van der Waals surface area contributed by atoms with Crippen molar-refractivity contribution in [2.45, 2.75) is 19.9 Å². The Kier molecular flexibility index (Phi) is 4.84. The van der Waals surface area contributed by atoms with E-state index in [1.807, 2.05) is 41.8 Å². The van der Waals surface area contributed by atoms with E-state index in [1.165, 1.54) is 6.07 Å². The molecule has 0 unspecified atom stereocenters. The van der Waals surface area contributed by atoms with Crippen LogP contribution in [0.15, 0.2) is 48.8 Å². The lowest BCUT2D eigenvalue weighted by Gasteiger charge is -2.10. The van der Waals surface area contributed by atoms with Gasteiger partial charge in [0, 0.05) is 11.8 Å².